The fraction of sp³-hybridized carbons (Fsp3) is 0.214. The largest absolute Gasteiger partial charge is 0.347 e. The quantitative estimate of drug-likeness (QED) is 0.823. The van der Waals surface area contributed by atoms with Gasteiger partial charge in [0.15, 0.2) is 0 Å². The summed E-state index contributed by atoms with van der Waals surface area (Å²) in [5, 5.41) is 3.12. The van der Waals surface area contributed by atoms with E-state index in [2.05, 4.69) is 31.2 Å². The molecule has 8 heteroatoms. The lowest BCUT2D eigenvalue weighted by atomic mass is 10.1. The van der Waals surface area contributed by atoms with Crippen molar-refractivity contribution in [3.05, 3.63) is 56.0 Å². The molecule has 1 amide bonds. The fourth-order valence-electron chi connectivity index (χ4n) is 1.75. The Hall–Kier alpha value is -1.24. The van der Waals surface area contributed by atoms with Crippen molar-refractivity contribution in [1.29, 1.82) is 0 Å². The van der Waals surface area contributed by atoms with Gasteiger partial charge < -0.3 is 5.32 Å². The van der Waals surface area contributed by atoms with Crippen molar-refractivity contribution in [1.82, 2.24) is 15.3 Å². The van der Waals surface area contributed by atoms with Crippen molar-refractivity contribution >= 4 is 45.0 Å². The second-order valence-electron chi connectivity index (χ2n) is 4.46. The molecule has 1 atom stereocenters. The monoisotopic (exact) mass is 405 g/mol. The van der Waals surface area contributed by atoms with Crippen LogP contribution in [0, 0.1) is 6.92 Å². The second kappa shape index (κ2) is 7.35. The van der Waals surface area contributed by atoms with Crippen molar-refractivity contribution in [3.63, 3.8) is 0 Å². The normalized spacial score (nSPS) is 12.0. The minimum absolute atomic E-state index is 0.155. The average Bonchev–Trinajstić information content (AvgIpc) is 2.47. The van der Waals surface area contributed by atoms with Crippen LogP contribution < -0.4 is 5.32 Å². The van der Waals surface area contributed by atoms with E-state index in [9.17, 15) is 9.18 Å². The molecule has 4 nitrogen and oxygen atoms in total. The van der Waals surface area contributed by atoms with Crippen LogP contribution in [0.4, 0.5) is 4.39 Å². The molecule has 22 heavy (non-hydrogen) atoms. The van der Waals surface area contributed by atoms with E-state index in [-0.39, 0.29) is 22.8 Å². The molecule has 0 saturated carbocycles. The van der Waals surface area contributed by atoms with Gasteiger partial charge in [-0.3, -0.25) is 4.79 Å². The minimum atomic E-state index is -1.45. The number of aromatic nitrogens is 2. The number of benzene rings is 1. The predicted molar refractivity (Wildman–Crippen MR) is 87.1 cm³/mol. The Morgan fingerprint density at radius 3 is 2.86 bits per heavy atom. The van der Waals surface area contributed by atoms with E-state index in [4.69, 9.17) is 23.2 Å². The van der Waals surface area contributed by atoms with E-state index in [1.165, 1.54) is 18.3 Å². The number of aryl methyl sites for hydroxylation is 1. The zero-order valence-corrected chi connectivity index (χ0v) is 14.5. The van der Waals surface area contributed by atoms with Crippen LogP contribution in [0.25, 0.3) is 0 Å². The van der Waals surface area contributed by atoms with Gasteiger partial charge >= 0.3 is 0 Å². The van der Waals surface area contributed by atoms with E-state index >= 15 is 0 Å². The zero-order chi connectivity index (χ0) is 16.3. The summed E-state index contributed by atoms with van der Waals surface area (Å²) in [5.74, 6) is -0.0454. The summed E-state index contributed by atoms with van der Waals surface area (Å²) in [6.07, 6.45) is 0.0238. The summed E-state index contributed by atoms with van der Waals surface area (Å²) in [5.41, 5.74) is 0.422. The fourth-order valence-corrected chi connectivity index (χ4v) is 2.64. The first-order valence-corrected chi connectivity index (χ1v) is 7.79. The maximum atomic E-state index is 14.2. The number of halogens is 4. The number of alkyl halides is 1. The van der Waals surface area contributed by atoms with Crippen LogP contribution in [0.1, 0.15) is 28.0 Å². The highest BCUT2D eigenvalue weighted by atomic mass is 79.9. The van der Waals surface area contributed by atoms with E-state index in [1.807, 2.05) is 0 Å². The molecule has 0 aliphatic heterocycles. The lowest BCUT2D eigenvalue weighted by Gasteiger charge is -2.12. The first-order valence-electron chi connectivity index (χ1n) is 6.25. The van der Waals surface area contributed by atoms with Gasteiger partial charge in [0.2, 0.25) is 0 Å². The SMILES string of the molecule is Cc1ncc(Br)c(C(=O)NCC(F)c2ccc(Cl)cc2Cl)n1. The van der Waals surface area contributed by atoms with Crippen molar-refractivity contribution < 1.29 is 9.18 Å². The third-order valence-corrected chi connectivity index (χ3v) is 3.96. The standard InChI is InChI=1S/C14H11BrCl2FN3O/c1-7-19-5-10(15)13(21-7)14(22)20-6-12(18)9-3-2-8(16)4-11(9)17/h2-5,12H,6H2,1H3,(H,20,22). The highest BCUT2D eigenvalue weighted by molar-refractivity contribution is 9.10. The van der Waals surface area contributed by atoms with E-state index < -0.39 is 12.1 Å². The van der Waals surface area contributed by atoms with E-state index in [0.29, 0.717) is 15.3 Å². The molecule has 2 aromatic rings. The Labute approximate surface area is 145 Å². The van der Waals surface area contributed by atoms with Crippen molar-refractivity contribution in [3.8, 4) is 0 Å². The smallest absolute Gasteiger partial charge is 0.271 e. The molecule has 1 aromatic heterocycles. The number of nitrogens with zero attached hydrogens (tertiary/aromatic N) is 2. The number of rotatable bonds is 4. The van der Waals surface area contributed by atoms with Gasteiger partial charge in [-0.1, -0.05) is 29.3 Å². The Morgan fingerprint density at radius 1 is 1.45 bits per heavy atom. The molecule has 0 aliphatic carbocycles. The zero-order valence-electron chi connectivity index (χ0n) is 11.4. The van der Waals surface area contributed by atoms with Crippen molar-refractivity contribution in [2.24, 2.45) is 0 Å². The maximum Gasteiger partial charge on any atom is 0.271 e. The minimum Gasteiger partial charge on any atom is -0.347 e. The molecule has 0 radical (unpaired) electrons. The van der Waals surface area contributed by atoms with Crippen LogP contribution in [-0.2, 0) is 0 Å². The molecule has 2 rings (SSSR count). The Kier molecular flexibility index (Phi) is 5.72. The molecular formula is C14H11BrCl2FN3O. The molecule has 1 aromatic carbocycles. The third-order valence-electron chi connectivity index (χ3n) is 2.82. The topological polar surface area (TPSA) is 54.9 Å². The lowest BCUT2D eigenvalue weighted by molar-refractivity contribution is 0.0935. The van der Waals surface area contributed by atoms with Crippen LogP contribution in [-0.4, -0.2) is 22.4 Å². The van der Waals surface area contributed by atoms with Gasteiger partial charge in [-0.05, 0) is 35.0 Å². The number of amides is 1. The Bertz CT molecular complexity index is 714. The lowest BCUT2D eigenvalue weighted by Crippen LogP contribution is -2.28. The summed E-state index contributed by atoms with van der Waals surface area (Å²) >= 11 is 14.9. The Morgan fingerprint density at radius 2 is 2.18 bits per heavy atom. The van der Waals surface area contributed by atoms with Crippen LogP contribution >= 0.6 is 39.1 Å². The van der Waals surface area contributed by atoms with Gasteiger partial charge in [0, 0.05) is 21.8 Å². The van der Waals surface area contributed by atoms with Crippen LogP contribution in [0.5, 0.6) is 0 Å². The van der Waals surface area contributed by atoms with Gasteiger partial charge in [-0.2, -0.15) is 0 Å². The first kappa shape index (κ1) is 17.1. The predicted octanol–water partition coefficient (Wildman–Crippen LogP) is 4.29. The number of hydrogen-bond donors (Lipinski definition) is 1. The number of carbonyl (C=O) groups is 1. The Balaban J connectivity index is 2.05. The maximum absolute atomic E-state index is 14.2. The molecule has 1 unspecified atom stereocenters. The molecule has 116 valence electrons. The highest BCUT2D eigenvalue weighted by Gasteiger charge is 2.18. The van der Waals surface area contributed by atoms with Crippen LogP contribution in [0.15, 0.2) is 28.9 Å². The summed E-state index contributed by atoms with van der Waals surface area (Å²) in [4.78, 5) is 20.0. The van der Waals surface area contributed by atoms with Crippen molar-refractivity contribution in [2.45, 2.75) is 13.1 Å². The second-order valence-corrected chi connectivity index (χ2v) is 6.16. The molecule has 0 aliphatic rings. The van der Waals surface area contributed by atoms with Gasteiger partial charge in [-0.25, -0.2) is 14.4 Å². The molecule has 0 bridgehead atoms. The third kappa shape index (κ3) is 4.15. The molecule has 0 fully saturated rings. The van der Waals surface area contributed by atoms with E-state index in [0.717, 1.165) is 0 Å². The average molecular weight is 407 g/mol. The molecule has 0 spiro atoms. The van der Waals surface area contributed by atoms with Gasteiger partial charge in [-0.15, -0.1) is 0 Å². The first-order chi connectivity index (χ1) is 10.4. The number of hydrogen-bond acceptors (Lipinski definition) is 3. The molecule has 0 saturated heterocycles. The summed E-state index contributed by atoms with van der Waals surface area (Å²) in [6.45, 7) is 1.43. The van der Waals surface area contributed by atoms with Crippen LogP contribution in [0.2, 0.25) is 10.0 Å². The van der Waals surface area contributed by atoms with Crippen LogP contribution in [0.3, 0.4) is 0 Å². The summed E-state index contributed by atoms with van der Waals surface area (Å²) in [6, 6.07) is 4.49. The van der Waals surface area contributed by atoms with E-state index in [1.54, 1.807) is 13.0 Å². The molecular weight excluding hydrogens is 396 g/mol. The highest BCUT2D eigenvalue weighted by Crippen LogP contribution is 2.28. The number of nitrogens with one attached hydrogen (secondary N) is 1. The van der Waals surface area contributed by atoms with Crippen molar-refractivity contribution in [2.75, 3.05) is 6.54 Å². The van der Waals surface area contributed by atoms with Gasteiger partial charge in [0.1, 0.15) is 17.7 Å². The molecule has 1 N–H and O–H groups in total. The number of carbonyl (C=O) groups excluding carboxylic acids is 1. The summed E-state index contributed by atoms with van der Waals surface area (Å²) < 4.78 is 14.6. The van der Waals surface area contributed by atoms with Gasteiger partial charge in [0.25, 0.3) is 5.91 Å². The molecule has 1 heterocycles. The summed E-state index contributed by atoms with van der Waals surface area (Å²) in [7, 11) is 0. The van der Waals surface area contributed by atoms with Gasteiger partial charge in [0.05, 0.1) is 11.0 Å².